The molecular weight excluding hydrogens is 247 g/mol. The number of benzene rings is 1. The molecule has 1 rings (SSSR count). The molecule has 1 aromatic carbocycles. The molecule has 0 bridgehead atoms. The maximum absolute atomic E-state index is 11.8. The van der Waals surface area contributed by atoms with Crippen LogP contribution in [0.2, 0.25) is 0 Å². The van der Waals surface area contributed by atoms with Crippen molar-refractivity contribution in [3.05, 3.63) is 35.9 Å². The smallest absolute Gasteiger partial charge is 0.166 e. The fourth-order valence-corrected chi connectivity index (χ4v) is 0.576. The zero-order valence-corrected chi connectivity index (χ0v) is 6.81. The van der Waals surface area contributed by atoms with E-state index in [-0.39, 0.29) is 20.4 Å². The molecule has 0 nitrogen and oxygen atoms in total. The molecule has 0 saturated carbocycles. The summed E-state index contributed by atoms with van der Waals surface area (Å²) in [6, 6.07) is 6.95. The Morgan fingerprint density at radius 3 is 1.82 bits per heavy atom. The molecule has 0 fully saturated rings. The van der Waals surface area contributed by atoms with Crippen molar-refractivity contribution >= 4 is 0 Å². The minimum Gasteiger partial charge on any atom is -0.166 e. The number of rotatable bonds is 0. The largest absolute Gasteiger partial charge is 0.416 e. The van der Waals surface area contributed by atoms with E-state index in [4.69, 9.17) is 0 Å². The SMILES string of the molecule is FC(F)(F)c1cc[c]cc1.[Pd]. The summed E-state index contributed by atoms with van der Waals surface area (Å²) in [5.41, 5.74) is -0.633. The summed E-state index contributed by atoms with van der Waals surface area (Å²) in [4.78, 5) is 0. The van der Waals surface area contributed by atoms with E-state index < -0.39 is 11.7 Å². The standard InChI is InChI=1S/C7H4F3.Pd/c8-7(9,10)6-4-2-1-3-5-6;/h2-5H;. The minimum atomic E-state index is -4.23. The molecule has 0 aromatic heterocycles. The van der Waals surface area contributed by atoms with E-state index in [0.29, 0.717) is 0 Å². The van der Waals surface area contributed by atoms with Crippen molar-refractivity contribution in [2.75, 3.05) is 0 Å². The van der Waals surface area contributed by atoms with Gasteiger partial charge in [0.2, 0.25) is 0 Å². The van der Waals surface area contributed by atoms with Gasteiger partial charge in [-0.1, -0.05) is 12.1 Å². The van der Waals surface area contributed by atoms with Crippen LogP contribution in [0.4, 0.5) is 13.2 Å². The molecule has 0 aliphatic carbocycles. The quantitative estimate of drug-likeness (QED) is 0.622. The van der Waals surface area contributed by atoms with Gasteiger partial charge in [0.15, 0.2) is 0 Å². The van der Waals surface area contributed by atoms with Crippen LogP contribution in [0.15, 0.2) is 24.3 Å². The summed E-state index contributed by atoms with van der Waals surface area (Å²) in [5, 5.41) is 0. The van der Waals surface area contributed by atoms with Crippen molar-refractivity contribution in [1.29, 1.82) is 0 Å². The molecule has 0 saturated heterocycles. The zero-order valence-electron chi connectivity index (χ0n) is 5.26. The predicted molar refractivity (Wildman–Crippen MR) is 30.3 cm³/mol. The van der Waals surface area contributed by atoms with E-state index in [9.17, 15) is 13.2 Å². The third-order valence-electron chi connectivity index (χ3n) is 1.05. The molecule has 1 radical (unpaired) electrons. The maximum Gasteiger partial charge on any atom is 0.416 e. The van der Waals surface area contributed by atoms with Crippen LogP contribution in [0.25, 0.3) is 0 Å². The van der Waals surface area contributed by atoms with Gasteiger partial charge < -0.3 is 0 Å². The van der Waals surface area contributed by atoms with Gasteiger partial charge in [-0.25, -0.2) is 0 Å². The Balaban J connectivity index is 0.000001000. The normalized spacial score (nSPS) is 10.5. The molecule has 0 aliphatic heterocycles. The van der Waals surface area contributed by atoms with Crippen LogP contribution < -0.4 is 0 Å². The van der Waals surface area contributed by atoms with Crippen LogP contribution in [0.5, 0.6) is 0 Å². The van der Waals surface area contributed by atoms with Gasteiger partial charge in [-0.15, -0.1) is 0 Å². The summed E-state index contributed by atoms with van der Waals surface area (Å²) in [7, 11) is 0. The van der Waals surface area contributed by atoms with Crippen LogP contribution >= 0.6 is 0 Å². The second-order valence-electron chi connectivity index (χ2n) is 1.79. The molecule has 0 N–H and O–H groups in total. The van der Waals surface area contributed by atoms with Crippen molar-refractivity contribution in [2.45, 2.75) is 6.18 Å². The fraction of sp³-hybridized carbons (Fsp3) is 0.143. The predicted octanol–water partition coefficient (Wildman–Crippen LogP) is 2.50. The topological polar surface area (TPSA) is 0 Å². The van der Waals surface area contributed by atoms with Crippen molar-refractivity contribution in [3.8, 4) is 0 Å². The van der Waals surface area contributed by atoms with Gasteiger partial charge in [0.25, 0.3) is 0 Å². The molecule has 11 heavy (non-hydrogen) atoms. The van der Waals surface area contributed by atoms with Gasteiger partial charge in [0.05, 0.1) is 5.56 Å². The first kappa shape index (κ1) is 10.7. The van der Waals surface area contributed by atoms with Crippen molar-refractivity contribution in [3.63, 3.8) is 0 Å². The Morgan fingerprint density at radius 2 is 1.55 bits per heavy atom. The zero-order chi connectivity index (χ0) is 7.61. The first-order valence-corrected chi connectivity index (χ1v) is 2.64. The second kappa shape index (κ2) is 3.89. The number of hydrogen-bond acceptors (Lipinski definition) is 0. The monoisotopic (exact) mass is 251 g/mol. The minimum absolute atomic E-state index is 0. The summed E-state index contributed by atoms with van der Waals surface area (Å²) >= 11 is 0. The summed E-state index contributed by atoms with van der Waals surface area (Å²) < 4.78 is 35.3. The first-order valence-electron chi connectivity index (χ1n) is 2.64. The molecule has 0 aliphatic rings. The van der Waals surface area contributed by atoms with Gasteiger partial charge >= 0.3 is 6.18 Å². The van der Waals surface area contributed by atoms with Gasteiger partial charge in [0.1, 0.15) is 0 Å². The molecule has 0 heterocycles. The van der Waals surface area contributed by atoms with Crippen molar-refractivity contribution < 1.29 is 33.6 Å². The van der Waals surface area contributed by atoms with Gasteiger partial charge in [0, 0.05) is 20.4 Å². The Morgan fingerprint density at radius 1 is 1.09 bits per heavy atom. The fourth-order valence-electron chi connectivity index (χ4n) is 0.576. The van der Waals surface area contributed by atoms with Crippen LogP contribution in [0.1, 0.15) is 5.56 Å². The van der Waals surface area contributed by atoms with Crippen molar-refractivity contribution in [2.24, 2.45) is 0 Å². The third-order valence-corrected chi connectivity index (χ3v) is 1.05. The van der Waals surface area contributed by atoms with E-state index in [0.717, 1.165) is 12.1 Å². The first-order chi connectivity index (χ1) is 4.61. The molecular formula is C7H4F3Pd. The Hall–Kier alpha value is -0.328. The van der Waals surface area contributed by atoms with E-state index in [1.54, 1.807) is 0 Å². The van der Waals surface area contributed by atoms with Crippen LogP contribution in [0, 0.1) is 6.07 Å². The molecule has 4 heteroatoms. The van der Waals surface area contributed by atoms with E-state index in [1.165, 1.54) is 12.1 Å². The van der Waals surface area contributed by atoms with Crippen molar-refractivity contribution in [1.82, 2.24) is 0 Å². The average Bonchev–Trinajstić information content (AvgIpc) is 1.88. The van der Waals surface area contributed by atoms with E-state index >= 15 is 0 Å². The Labute approximate surface area is 76.1 Å². The Kier molecular flexibility index (Phi) is 3.78. The third kappa shape index (κ3) is 3.05. The average molecular weight is 252 g/mol. The van der Waals surface area contributed by atoms with Crippen LogP contribution in [-0.2, 0) is 26.6 Å². The number of hydrogen-bond donors (Lipinski definition) is 0. The van der Waals surface area contributed by atoms with E-state index in [1.807, 2.05) is 0 Å². The van der Waals surface area contributed by atoms with Gasteiger partial charge in [-0.3, -0.25) is 0 Å². The molecule has 0 spiro atoms. The maximum atomic E-state index is 11.8. The molecule has 63 valence electrons. The van der Waals surface area contributed by atoms with Crippen LogP contribution in [-0.4, -0.2) is 0 Å². The molecule has 0 amide bonds. The van der Waals surface area contributed by atoms with E-state index in [2.05, 4.69) is 6.07 Å². The number of alkyl halides is 3. The van der Waals surface area contributed by atoms with Gasteiger partial charge in [-0.05, 0) is 18.2 Å². The Bertz CT molecular complexity index is 205. The van der Waals surface area contributed by atoms with Gasteiger partial charge in [-0.2, -0.15) is 13.2 Å². The summed E-state index contributed by atoms with van der Waals surface area (Å²) in [5.74, 6) is 0. The second-order valence-corrected chi connectivity index (χ2v) is 1.79. The molecule has 0 atom stereocenters. The molecule has 0 unspecified atom stereocenters. The summed E-state index contributed by atoms with van der Waals surface area (Å²) in [6.45, 7) is 0. The van der Waals surface area contributed by atoms with Crippen LogP contribution in [0.3, 0.4) is 0 Å². The molecule has 1 aromatic rings. The number of halogens is 3. The summed E-state index contributed by atoms with van der Waals surface area (Å²) in [6.07, 6.45) is -4.23.